The quantitative estimate of drug-likeness (QED) is 0.0262. The molecule has 0 heterocycles. The predicted molar refractivity (Wildman–Crippen MR) is 240 cm³/mol. The van der Waals surface area contributed by atoms with Crippen LogP contribution in [0.2, 0.25) is 0 Å². The van der Waals surface area contributed by atoms with E-state index in [4.69, 9.17) is 13.8 Å². The smallest absolute Gasteiger partial charge is 0.472 e. The largest absolute Gasteiger partial charge is 0.480 e. The van der Waals surface area contributed by atoms with Gasteiger partial charge in [0, 0.05) is 12.8 Å². The van der Waals surface area contributed by atoms with Crippen LogP contribution in [0.5, 0.6) is 0 Å². The van der Waals surface area contributed by atoms with Gasteiger partial charge in [0.2, 0.25) is 5.91 Å². The third-order valence-corrected chi connectivity index (χ3v) is 12.1. The molecule has 0 aromatic carbocycles. The van der Waals surface area contributed by atoms with Crippen molar-refractivity contribution < 1.29 is 47.8 Å². The van der Waals surface area contributed by atoms with E-state index in [1.807, 2.05) is 0 Å². The Bertz CT molecular complexity index is 1020. The molecule has 0 aliphatic carbocycles. The molecule has 0 bridgehead atoms. The van der Waals surface area contributed by atoms with Gasteiger partial charge in [-0.05, 0) is 12.8 Å². The summed E-state index contributed by atoms with van der Waals surface area (Å²) in [5.41, 5.74) is 0. The molecule has 3 atom stereocenters. The van der Waals surface area contributed by atoms with E-state index in [0.29, 0.717) is 12.8 Å². The maximum absolute atomic E-state index is 12.4. The lowest BCUT2D eigenvalue weighted by molar-refractivity contribution is -0.147. The number of carbonyl (C=O) groups excluding carboxylic acids is 2. The molecule has 11 nitrogen and oxygen atoms in total. The first-order chi connectivity index (χ1) is 28.6. The average Bonchev–Trinajstić information content (AvgIpc) is 3.21. The highest BCUT2D eigenvalue weighted by atomic mass is 31.2. The van der Waals surface area contributed by atoms with Gasteiger partial charge in [-0.15, -0.1) is 0 Å². The van der Waals surface area contributed by atoms with E-state index < -0.39 is 57.6 Å². The number of hydrogen-bond donors (Lipinski definition) is 4. The Labute approximate surface area is 361 Å². The predicted octanol–water partition coefficient (Wildman–Crippen LogP) is 13.1. The number of ether oxygens (including phenoxy) is 1. The molecule has 0 saturated heterocycles. The maximum atomic E-state index is 12.4. The number of nitrogens with one attached hydrogen (secondary N) is 1. The van der Waals surface area contributed by atoms with Crippen LogP contribution in [0.3, 0.4) is 0 Å². The number of unbranched alkanes of at least 4 members (excludes halogenated alkanes) is 33. The molecule has 0 rings (SSSR count). The van der Waals surface area contributed by atoms with Crippen molar-refractivity contribution in [2.45, 2.75) is 264 Å². The molecule has 12 heteroatoms. The molecule has 0 aromatic rings. The number of aliphatic hydroxyl groups is 1. The number of phosphoric acid groups is 1. The number of esters is 1. The number of amides is 1. The van der Waals surface area contributed by atoms with Crippen molar-refractivity contribution in [2.75, 3.05) is 19.8 Å². The van der Waals surface area contributed by atoms with Gasteiger partial charge < -0.3 is 25.2 Å². The van der Waals surface area contributed by atoms with Gasteiger partial charge in [0.15, 0.2) is 6.04 Å². The first-order valence-corrected chi connectivity index (χ1v) is 26.1. The minimum absolute atomic E-state index is 0.153. The van der Waals surface area contributed by atoms with Crippen molar-refractivity contribution in [1.29, 1.82) is 0 Å². The Morgan fingerprint density at radius 3 is 1.12 bits per heavy atom. The number of aliphatic carboxylic acids is 1. The minimum Gasteiger partial charge on any atom is -0.480 e. The second kappa shape index (κ2) is 43.1. The Kier molecular flexibility index (Phi) is 42.0. The number of carboxylic acids is 1. The molecular weight excluding hydrogens is 769 g/mol. The molecule has 3 unspecified atom stereocenters. The number of carboxylic acid groups (broad SMARTS) is 1. The zero-order valence-electron chi connectivity index (χ0n) is 38.1. The Morgan fingerprint density at radius 1 is 0.475 bits per heavy atom. The van der Waals surface area contributed by atoms with Gasteiger partial charge in [0.05, 0.1) is 13.2 Å². The van der Waals surface area contributed by atoms with Crippen LogP contribution in [-0.4, -0.2) is 64.9 Å². The SMILES string of the molecule is CCCCCCCCCCCCCCCCCCCCCCCCC(=O)NC(COP(=O)(O)OCC(O)COC(=O)CCCCCCCCCCCCCCC)C(=O)O. The van der Waals surface area contributed by atoms with Crippen molar-refractivity contribution in [3.05, 3.63) is 0 Å². The van der Waals surface area contributed by atoms with E-state index >= 15 is 0 Å². The zero-order chi connectivity index (χ0) is 43.5. The molecule has 0 aliphatic rings. The van der Waals surface area contributed by atoms with E-state index in [-0.39, 0.29) is 12.8 Å². The number of phosphoric ester groups is 1. The highest BCUT2D eigenvalue weighted by Crippen LogP contribution is 2.43. The average molecular weight is 862 g/mol. The van der Waals surface area contributed by atoms with Crippen LogP contribution in [0.15, 0.2) is 0 Å². The van der Waals surface area contributed by atoms with E-state index in [1.165, 1.54) is 173 Å². The molecule has 59 heavy (non-hydrogen) atoms. The van der Waals surface area contributed by atoms with Gasteiger partial charge in [0.25, 0.3) is 0 Å². The highest BCUT2D eigenvalue weighted by Gasteiger charge is 2.28. The van der Waals surface area contributed by atoms with Gasteiger partial charge in [-0.1, -0.05) is 226 Å². The van der Waals surface area contributed by atoms with Crippen molar-refractivity contribution in [1.82, 2.24) is 5.32 Å². The maximum Gasteiger partial charge on any atom is 0.472 e. The molecule has 4 N–H and O–H groups in total. The Morgan fingerprint density at radius 2 is 0.780 bits per heavy atom. The fourth-order valence-corrected chi connectivity index (χ4v) is 8.09. The lowest BCUT2D eigenvalue weighted by Gasteiger charge is -2.18. The Balaban J connectivity index is 3.79. The second-order valence-corrected chi connectivity index (χ2v) is 18.5. The fourth-order valence-electron chi connectivity index (χ4n) is 7.32. The first-order valence-electron chi connectivity index (χ1n) is 24.6. The fraction of sp³-hybridized carbons (Fsp3) is 0.936. The van der Waals surface area contributed by atoms with Gasteiger partial charge in [-0.3, -0.25) is 18.6 Å². The molecule has 0 aliphatic heterocycles. The summed E-state index contributed by atoms with van der Waals surface area (Å²) in [6.45, 7) is 2.64. The van der Waals surface area contributed by atoms with Crippen LogP contribution in [0.4, 0.5) is 0 Å². The summed E-state index contributed by atoms with van der Waals surface area (Å²) in [4.78, 5) is 46.0. The lowest BCUT2D eigenvalue weighted by Crippen LogP contribution is -2.43. The van der Waals surface area contributed by atoms with Gasteiger partial charge in [-0.2, -0.15) is 0 Å². The second-order valence-electron chi connectivity index (χ2n) is 17.0. The number of carbonyl (C=O) groups is 3. The van der Waals surface area contributed by atoms with Gasteiger partial charge in [0.1, 0.15) is 12.7 Å². The molecule has 350 valence electrons. The van der Waals surface area contributed by atoms with Crippen LogP contribution in [0.1, 0.15) is 251 Å². The summed E-state index contributed by atoms with van der Waals surface area (Å²) >= 11 is 0. The summed E-state index contributed by atoms with van der Waals surface area (Å²) in [5, 5.41) is 21.9. The van der Waals surface area contributed by atoms with Gasteiger partial charge >= 0.3 is 19.8 Å². The zero-order valence-corrected chi connectivity index (χ0v) is 39.0. The third-order valence-electron chi connectivity index (χ3n) is 11.1. The molecule has 0 spiro atoms. The monoisotopic (exact) mass is 862 g/mol. The molecule has 0 saturated carbocycles. The van der Waals surface area contributed by atoms with Crippen molar-refractivity contribution >= 4 is 25.7 Å². The van der Waals surface area contributed by atoms with E-state index in [9.17, 15) is 34.1 Å². The van der Waals surface area contributed by atoms with Crippen LogP contribution in [0, 0.1) is 0 Å². The number of rotatable bonds is 47. The van der Waals surface area contributed by atoms with Crippen molar-refractivity contribution in [2.24, 2.45) is 0 Å². The van der Waals surface area contributed by atoms with Crippen molar-refractivity contribution in [3.8, 4) is 0 Å². The molecule has 1 amide bonds. The van der Waals surface area contributed by atoms with E-state index in [2.05, 4.69) is 19.2 Å². The molecule has 0 fully saturated rings. The topological polar surface area (TPSA) is 169 Å². The first kappa shape index (κ1) is 57.5. The standard InChI is InChI=1S/C47H92NO10P/c1-3-5-7-9-11-13-15-17-18-19-20-21-22-23-24-25-27-28-30-32-34-36-38-45(50)48-44(47(52)53)42-58-59(54,55)57-41-43(49)40-56-46(51)39-37-35-33-31-29-26-16-14-12-10-8-6-4-2/h43-44,49H,3-42H2,1-2H3,(H,48,50)(H,52,53)(H,54,55). The normalized spacial score (nSPS) is 13.6. The molecular formula is C47H92NO10P. The third kappa shape index (κ3) is 42.9. The summed E-state index contributed by atoms with van der Waals surface area (Å²) in [5.74, 6) is -2.35. The van der Waals surface area contributed by atoms with Crippen LogP contribution in [0.25, 0.3) is 0 Å². The van der Waals surface area contributed by atoms with Crippen LogP contribution in [-0.2, 0) is 32.7 Å². The van der Waals surface area contributed by atoms with Gasteiger partial charge in [-0.25, -0.2) is 9.36 Å². The summed E-state index contributed by atoms with van der Waals surface area (Å²) in [6.07, 6.45) is 42.7. The Hall–Kier alpha value is -1.52. The molecule has 0 aromatic heterocycles. The molecule has 0 radical (unpaired) electrons. The van der Waals surface area contributed by atoms with Crippen molar-refractivity contribution in [3.63, 3.8) is 0 Å². The van der Waals surface area contributed by atoms with Crippen LogP contribution >= 0.6 is 7.82 Å². The summed E-state index contributed by atoms with van der Waals surface area (Å²) < 4.78 is 26.9. The van der Waals surface area contributed by atoms with E-state index in [1.54, 1.807) is 0 Å². The number of aliphatic hydroxyl groups excluding tert-OH is 1. The summed E-state index contributed by atoms with van der Waals surface area (Å²) in [7, 11) is -4.75. The highest BCUT2D eigenvalue weighted by molar-refractivity contribution is 7.47. The minimum atomic E-state index is -4.75. The summed E-state index contributed by atoms with van der Waals surface area (Å²) in [6, 6.07) is -1.54. The van der Waals surface area contributed by atoms with E-state index in [0.717, 1.165) is 38.5 Å². The van der Waals surface area contributed by atoms with Crippen LogP contribution < -0.4 is 5.32 Å². The lowest BCUT2D eigenvalue weighted by atomic mass is 10.0. The number of hydrogen-bond acceptors (Lipinski definition) is 8.